The van der Waals surface area contributed by atoms with Gasteiger partial charge >= 0.3 is 5.97 Å². The van der Waals surface area contributed by atoms with Gasteiger partial charge in [-0.25, -0.2) is 0 Å². The second kappa shape index (κ2) is 10.9. The number of methoxy groups -OCH3 is 1. The Morgan fingerprint density at radius 2 is 1.67 bits per heavy atom. The smallest absolute Gasteiger partial charge is 0.322 e. The Labute approximate surface area is 133 Å². The summed E-state index contributed by atoms with van der Waals surface area (Å²) in [6.45, 7) is 10.0. The molecule has 0 saturated heterocycles. The summed E-state index contributed by atoms with van der Waals surface area (Å²) in [5, 5.41) is 0. The van der Waals surface area contributed by atoms with Crippen LogP contribution in [0.5, 0.6) is 0 Å². The van der Waals surface area contributed by atoms with Gasteiger partial charge in [-0.2, -0.15) is 11.8 Å². The Balaban J connectivity index is 4.10. The summed E-state index contributed by atoms with van der Waals surface area (Å²) in [5.74, 6) is 1.81. The molecule has 1 atom stereocenters. The van der Waals surface area contributed by atoms with Crippen molar-refractivity contribution in [2.75, 3.05) is 31.7 Å². The molecule has 0 aliphatic rings. The molecule has 0 radical (unpaired) electrons. The summed E-state index contributed by atoms with van der Waals surface area (Å²) in [7, 11) is 1.33. The maximum atomic E-state index is 12.2. The fourth-order valence-corrected chi connectivity index (χ4v) is 2.81. The fourth-order valence-electron chi connectivity index (χ4n) is 1.89. The standard InChI is InChI=1S/C15H30N2O3S/c1-11(2)8-17(9-12(3)4)14(18)10-21-7-6-13(16)15(19)20-5/h11-13H,6-10,16H2,1-5H3. The molecule has 5 nitrogen and oxygen atoms in total. The van der Waals surface area contributed by atoms with Crippen molar-refractivity contribution < 1.29 is 14.3 Å². The van der Waals surface area contributed by atoms with Gasteiger partial charge in [-0.05, 0) is 24.0 Å². The molecule has 0 aromatic heterocycles. The van der Waals surface area contributed by atoms with Crippen molar-refractivity contribution in [2.24, 2.45) is 17.6 Å². The van der Waals surface area contributed by atoms with E-state index in [1.807, 2.05) is 4.90 Å². The maximum Gasteiger partial charge on any atom is 0.322 e. The molecule has 0 aliphatic carbocycles. The van der Waals surface area contributed by atoms with Gasteiger partial charge in [0, 0.05) is 13.1 Å². The lowest BCUT2D eigenvalue weighted by atomic mass is 10.1. The van der Waals surface area contributed by atoms with Crippen LogP contribution in [0.4, 0.5) is 0 Å². The van der Waals surface area contributed by atoms with E-state index in [2.05, 4.69) is 32.4 Å². The zero-order valence-corrected chi connectivity index (χ0v) is 14.7. The van der Waals surface area contributed by atoms with Crippen LogP contribution in [0, 0.1) is 11.8 Å². The fraction of sp³-hybridized carbons (Fsp3) is 0.867. The topological polar surface area (TPSA) is 72.6 Å². The monoisotopic (exact) mass is 318 g/mol. The van der Waals surface area contributed by atoms with Crippen molar-refractivity contribution in [3.05, 3.63) is 0 Å². The maximum absolute atomic E-state index is 12.2. The number of hydrogen-bond acceptors (Lipinski definition) is 5. The van der Waals surface area contributed by atoms with Gasteiger partial charge in [-0.1, -0.05) is 27.7 Å². The molecule has 2 N–H and O–H groups in total. The largest absolute Gasteiger partial charge is 0.468 e. The molecule has 0 rings (SSSR count). The third-order valence-corrected chi connectivity index (χ3v) is 3.80. The molecular formula is C15H30N2O3S. The molecular weight excluding hydrogens is 288 g/mol. The van der Waals surface area contributed by atoms with Crippen LogP contribution in [0.15, 0.2) is 0 Å². The minimum atomic E-state index is -0.597. The molecule has 1 unspecified atom stereocenters. The zero-order valence-electron chi connectivity index (χ0n) is 13.9. The summed E-state index contributed by atoms with van der Waals surface area (Å²) < 4.78 is 4.57. The molecule has 0 fully saturated rings. The van der Waals surface area contributed by atoms with Gasteiger partial charge in [0.25, 0.3) is 0 Å². The lowest BCUT2D eigenvalue weighted by Crippen LogP contribution is -2.38. The number of carbonyl (C=O) groups excluding carboxylic acids is 2. The van der Waals surface area contributed by atoms with Crippen molar-refractivity contribution in [3.63, 3.8) is 0 Å². The first-order chi connectivity index (χ1) is 9.77. The number of carbonyl (C=O) groups is 2. The van der Waals surface area contributed by atoms with Crippen LogP contribution >= 0.6 is 11.8 Å². The minimum absolute atomic E-state index is 0.161. The quantitative estimate of drug-likeness (QED) is 0.491. The molecule has 0 aromatic rings. The van der Waals surface area contributed by atoms with E-state index in [-0.39, 0.29) is 5.91 Å². The highest BCUT2D eigenvalue weighted by atomic mass is 32.2. The van der Waals surface area contributed by atoms with E-state index in [1.54, 1.807) is 0 Å². The number of nitrogens with zero attached hydrogens (tertiary/aromatic N) is 1. The molecule has 0 saturated carbocycles. The summed E-state index contributed by atoms with van der Waals surface area (Å²) in [6.07, 6.45) is 0.527. The van der Waals surface area contributed by atoms with Crippen molar-refractivity contribution in [1.29, 1.82) is 0 Å². The second-order valence-corrected chi connectivity index (χ2v) is 7.16. The molecule has 0 aromatic carbocycles. The Morgan fingerprint density at radius 1 is 1.14 bits per heavy atom. The van der Waals surface area contributed by atoms with Crippen LogP contribution < -0.4 is 5.73 Å². The molecule has 0 bridgehead atoms. The predicted octanol–water partition coefficient (Wildman–Crippen LogP) is 1.75. The van der Waals surface area contributed by atoms with E-state index in [4.69, 9.17) is 5.73 Å². The predicted molar refractivity (Wildman–Crippen MR) is 88.2 cm³/mol. The average molecular weight is 318 g/mol. The SMILES string of the molecule is COC(=O)C(N)CCSCC(=O)N(CC(C)C)CC(C)C. The lowest BCUT2D eigenvalue weighted by Gasteiger charge is -2.26. The molecule has 0 heterocycles. The molecule has 124 valence electrons. The first-order valence-electron chi connectivity index (χ1n) is 7.46. The van der Waals surface area contributed by atoms with Crippen LogP contribution in [0.25, 0.3) is 0 Å². The van der Waals surface area contributed by atoms with E-state index in [1.165, 1.54) is 18.9 Å². The highest BCUT2D eigenvalue weighted by molar-refractivity contribution is 7.99. The van der Waals surface area contributed by atoms with E-state index < -0.39 is 12.0 Å². The van der Waals surface area contributed by atoms with Crippen LogP contribution in [0.2, 0.25) is 0 Å². The van der Waals surface area contributed by atoms with Crippen LogP contribution in [0.3, 0.4) is 0 Å². The van der Waals surface area contributed by atoms with Gasteiger partial charge in [-0.3, -0.25) is 9.59 Å². The lowest BCUT2D eigenvalue weighted by molar-refractivity contribution is -0.142. The molecule has 21 heavy (non-hydrogen) atoms. The number of rotatable bonds is 10. The highest BCUT2D eigenvalue weighted by Gasteiger charge is 2.17. The van der Waals surface area contributed by atoms with Crippen LogP contribution in [-0.4, -0.2) is 54.5 Å². The van der Waals surface area contributed by atoms with Gasteiger partial charge in [0.1, 0.15) is 6.04 Å². The second-order valence-electron chi connectivity index (χ2n) is 6.06. The first-order valence-corrected chi connectivity index (χ1v) is 8.62. The van der Waals surface area contributed by atoms with Gasteiger partial charge in [0.2, 0.25) is 5.91 Å². The number of nitrogens with two attached hydrogens (primary N) is 1. The molecule has 6 heteroatoms. The number of hydrogen-bond donors (Lipinski definition) is 1. The number of thioether (sulfide) groups is 1. The zero-order chi connectivity index (χ0) is 16.4. The summed E-state index contributed by atoms with van der Waals surface area (Å²) in [5.41, 5.74) is 5.65. The Morgan fingerprint density at radius 3 is 2.10 bits per heavy atom. The number of amides is 1. The Hall–Kier alpha value is -0.750. The van der Waals surface area contributed by atoms with E-state index in [0.717, 1.165) is 13.1 Å². The van der Waals surface area contributed by atoms with Gasteiger partial charge in [-0.15, -0.1) is 0 Å². The number of esters is 1. The highest BCUT2D eigenvalue weighted by Crippen LogP contribution is 2.10. The van der Waals surface area contributed by atoms with E-state index in [0.29, 0.717) is 29.8 Å². The van der Waals surface area contributed by atoms with Gasteiger partial charge in [0.15, 0.2) is 0 Å². The Kier molecular flexibility index (Phi) is 10.5. The summed E-state index contributed by atoms with van der Waals surface area (Å²) >= 11 is 1.52. The van der Waals surface area contributed by atoms with Crippen molar-refractivity contribution in [1.82, 2.24) is 4.90 Å². The van der Waals surface area contributed by atoms with Crippen LogP contribution in [-0.2, 0) is 14.3 Å². The molecule has 0 spiro atoms. The normalized spacial score (nSPS) is 12.6. The minimum Gasteiger partial charge on any atom is -0.468 e. The molecule has 1 amide bonds. The van der Waals surface area contributed by atoms with Crippen molar-refractivity contribution >= 4 is 23.6 Å². The summed E-state index contributed by atoms with van der Waals surface area (Å²) in [4.78, 5) is 25.3. The van der Waals surface area contributed by atoms with Crippen molar-refractivity contribution in [2.45, 2.75) is 40.2 Å². The first kappa shape index (κ1) is 20.2. The van der Waals surface area contributed by atoms with Crippen molar-refractivity contribution in [3.8, 4) is 0 Å². The average Bonchev–Trinajstić information content (AvgIpc) is 2.40. The van der Waals surface area contributed by atoms with Gasteiger partial charge < -0.3 is 15.4 Å². The van der Waals surface area contributed by atoms with Gasteiger partial charge in [0.05, 0.1) is 12.9 Å². The number of ether oxygens (including phenoxy) is 1. The summed E-state index contributed by atoms with van der Waals surface area (Å²) in [6, 6.07) is -0.597. The third kappa shape index (κ3) is 9.74. The van der Waals surface area contributed by atoms with E-state index >= 15 is 0 Å². The third-order valence-electron chi connectivity index (χ3n) is 2.83. The molecule has 0 aliphatic heterocycles. The van der Waals surface area contributed by atoms with E-state index in [9.17, 15) is 9.59 Å². The Bertz CT molecular complexity index is 312. The van der Waals surface area contributed by atoms with Crippen LogP contribution in [0.1, 0.15) is 34.1 Å².